The number of hydrogen-bond donors (Lipinski definition) is 0. The summed E-state index contributed by atoms with van der Waals surface area (Å²) < 4.78 is 37.8. The molecule has 13 nitrogen and oxygen atoms in total. The molecule has 13 heteroatoms. The molecule has 0 radical (unpaired) electrons. The Labute approximate surface area is 201 Å². The van der Waals surface area contributed by atoms with E-state index in [1.165, 1.54) is 19.1 Å². The highest BCUT2D eigenvalue weighted by Crippen LogP contribution is 2.36. The zero-order valence-corrected chi connectivity index (χ0v) is 19.9. The van der Waals surface area contributed by atoms with Gasteiger partial charge in [0.05, 0.1) is 0 Å². The smallest absolute Gasteiger partial charge is 0.303 e. The van der Waals surface area contributed by atoms with Gasteiger partial charge in [-0.25, -0.2) is 0 Å². The molecule has 1 heterocycles. The highest BCUT2D eigenvalue weighted by Gasteiger charge is 2.55. The van der Waals surface area contributed by atoms with Crippen LogP contribution in [0.25, 0.3) is 0 Å². The average molecular weight is 497 g/mol. The van der Waals surface area contributed by atoms with Crippen LogP contribution in [0, 0.1) is 11.3 Å². The van der Waals surface area contributed by atoms with E-state index in [2.05, 4.69) is 0 Å². The Balaban J connectivity index is 2.45. The van der Waals surface area contributed by atoms with Crippen molar-refractivity contribution in [2.45, 2.75) is 83.5 Å². The Morgan fingerprint density at radius 1 is 0.857 bits per heavy atom. The van der Waals surface area contributed by atoms with Gasteiger partial charge in [0.1, 0.15) is 24.9 Å². The third-order valence-corrected chi connectivity index (χ3v) is 4.87. The summed E-state index contributed by atoms with van der Waals surface area (Å²) in [6.45, 7) is 5.18. The Bertz CT molecular complexity index is 924. The minimum absolute atomic E-state index is 0.101. The van der Waals surface area contributed by atoms with Crippen LogP contribution in [0.2, 0.25) is 0 Å². The second kappa shape index (κ2) is 11.8. The van der Waals surface area contributed by atoms with E-state index >= 15 is 0 Å². The molecule has 1 aliphatic heterocycles. The van der Waals surface area contributed by atoms with Crippen LogP contribution < -0.4 is 0 Å². The van der Waals surface area contributed by atoms with E-state index in [1.807, 2.05) is 6.07 Å². The van der Waals surface area contributed by atoms with Gasteiger partial charge >= 0.3 is 29.8 Å². The van der Waals surface area contributed by atoms with E-state index in [0.717, 1.165) is 27.7 Å². The van der Waals surface area contributed by atoms with Crippen LogP contribution in [0.5, 0.6) is 0 Å². The maximum Gasteiger partial charge on any atom is 0.303 e. The van der Waals surface area contributed by atoms with Crippen molar-refractivity contribution in [1.82, 2.24) is 0 Å². The monoisotopic (exact) mass is 497 g/mol. The number of rotatable bonds is 8. The van der Waals surface area contributed by atoms with Crippen LogP contribution in [0.15, 0.2) is 12.2 Å². The fourth-order valence-corrected chi connectivity index (χ4v) is 3.68. The fraction of sp³-hybridized carbons (Fsp3) is 0.636. The second-order valence-corrected chi connectivity index (χ2v) is 7.90. The van der Waals surface area contributed by atoms with Crippen molar-refractivity contribution in [3.63, 3.8) is 0 Å². The van der Waals surface area contributed by atoms with Gasteiger partial charge in [-0.2, -0.15) is 5.26 Å². The van der Waals surface area contributed by atoms with E-state index in [1.54, 1.807) is 0 Å². The number of ether oxygens (including phenoxy) is 7. The number of carbonyl (C=O) groups excluding carboxylic acids is 5. The molecule has 7 atom stereocenters. The van der Waals surface area contributed by atoms with Gasteiger partial charge in [-0.3, -0.25) is 24.0 Å². The lowest BCUT2D eigenvalue weighted by molar-refractivity contribution is -0.320. The van der Waals surface area contributed by atoms with Crippen molar-refractivity contribution in [3.05, 3.63) is 12.2 Å². The number of hydrogen-bond acceptors (Lipinski definition) is 13. The molecule has 0 unspecified atom stereocenters. The zero-order valence-electron chi connectivity index (χ0n) is 19.9. The first kappa shape index (κ1) is 27.7. The van der Waals surface area contributed by atoms with Gasteiger partial charge in [-0.15, -0.1) is 0 Å². The van der Waals surface area contributed by atoms with Gasteiger partial charge in [-0.05, 0) is 12.2 Å². The molecule has 0 amide bonds. The van der Waals surface area contributed by atoms with Gasteiger partial charge in [0.25, 0.3) is 0 Å². The number of carbonyl (C=O) groups is 5. The first-order chi connectivity index (χ1) is 16.4. The van der Waals surface area contributed by atoms with Gasteiger partial charge in [0, 0.05) is 41.0 Å². The largest absolute Gasteiger partial charge is 0.463 e. The molecule has 0 aromatic rings. The van der Waals surface area contributed by atoms with Crippen LogP contribution in [-0.2, 0) is 57.1 Å². The molecular weight excluding hydrogens is 470 g/mol. The van der Waals surface area contributed by atoms with Crippen molar-refractivity contribution in [3.8, 4) is 6.07 Å². The summed E-state index contributed by atoms with van der Waals surface area (Å²) in [6, 6.07) is 1.97. The van der Waals surface area contributed by atoms with Gasteiger partial charge in [-0.1, -0.05) is 0 Å². The fourth-order valence-electron chi connectivity index (χ4n) is 3.68. The van der Waals surface area contributed by atoms with Gasteiger partial charge in [0.15, 0.2) is 23.9 Å². The molecule has 1 aliphatic carbocycles. The highest BCUT2D eigenvalue weighted by atomic mass is 16.7. The number of esters is 5. The molecule has 192 valence electrons. The van der Waals surface area contributed by atoms with E-state index in [-0.39, 0.29) is 6.42 Å². The minimum Gasteiger partial charge on any atom is -0.463 e. The standard InChI is InChI=1S/C22H27NO12/c1-11(24)29-9-17-18(31-13(3)26)19(32-14(4)27)20(33-15(5)28)21(34-17)35-22(10-23)7-6-16(8-22)30-12(2)25/h6-7,16-21H,8-9H2,1-5H3/t16-,17-,18-,19+,20-,21+,22-/m0/s1. The molecule has 0 spiro atoms. The lowest BCUT2D eigenvalue weighted by Gasteiger charge is -2.45. The van der Waals surface area contributed by atoms with Gasteiger partial charge in [0.2, 0.25) is 6.29 Å². The maximum absolute atomic E-state index is 11.9. The molecule has 1 saturated heterocycles. The van der Waals surface area contributed by atoms with Crippen LogP contribution >= 0.6 is 0 Å². The van der Waals surface area contributed by atoms with Crippen molar-refractivity contribution in [2.24, 2.45) is 0 Å². The van der Waals surface area contributed by atoms with E-state index < -0.39 is 78.9 Å². The van der Waals surface area contributed by atoms with Crippen LogP contribution in [0.1, 0.15) is 41.0 Å². The summed E-state index contributed by atoms with van der Waals surface area (Å²) in [4.78, 5) is 58.3. The van der Waals surface area contributed by atoms with E-state index in [9.17, 15) is 29.2 Å². The molecule has 2 rings (SSSR count). The normalized spacial score (nSPS) is 31.5. The summed E-state index contributed by atoms with van der Waals surface area (Å²) >= 11 is 0. The van der Waals surface area contributed by atoms with Crippen LogP contribution in [0.3, 0.4) is 0 Å². The third-order valence-electron chi connectivity index (χ3n) is 4.87. The maximum atomic E-state index is 11.9. The molecule has 0 aromatic heterocycles. The molecule has 0 N–H and O–H groups in total. The summed E-state index contributed by atoms with van der Waals surface area (Å²) in [5, 5.41) is 9.84. The Morgan fingerprint density at radius 3 is 1.91 bits per heavy atom. The Kier molecular flexibility index (Phi) is 9.32. The van der Waals surface area contributed by atoms with E-state index in [4.69, 9.17) is 33.2 Å². The van der Waals surface area contributed by atoms with Crippen LogP contribution in [-0.4, -0.2) is 78.9 Å². The topological polar surface area (TPSA) is 174 Å². The predicted octanol–water partition coefficient (Wildman–Crippen LogP) is 0.240. The predicted molar refractivity (Wildman–Crippen MR) is 111 cm³/mol. The number of nitriles is 1. The summed E-state index contributed by atoms with van der Waals surface area (Å²) in [5.74, 6) is -3.63. The lowest BCUT2D eigenvalue weighted by atomic mass is 9.97. The summed E-state index contributed by atoms with van der Waals surface area (Å²) in [6.07, 6.45) is -5.11. The third kappa shape index (κ3) is 7.76. The molecule has 1 fully saturated rings. The minimum atomic E-state index is -1.68. The van der Waals surface area contributed by atoms with Crippen molar-refractivity contribution in [2.75, 3.05) is 6.61 Å². The molecule has 0 saturated carbocycles. The molecule has 0 aromatic carbocycles. The zero-order chi connectivity index (χ0) is 26.3. The van der Waals surface area contributed by atoms with Crippen molar-refractivity contribution < 1.29 is 57.1 Å². The van der Waals surface area contributed by atoms with Crippen molar-refractivity contribution >= 4 is 29.8 Å². The number of nitrogens with zero attached hydrogens (tertiary/aromatic N) is 1. The highest BCUT2D eigenvalue weighted by molar-refractivity contribution is 5.69. The summed E-state index contributed by atoms with van der Waals surface area (Å²) in [7, 11) is 0. The van der Waals surface area contributed by atoms with Crippen molar-refractivity contribution in [1.29, 1.82) is 5.26 Å². The SMILES string of the molecule is CC(=O)OC[C@@H]1O[C@H](O[C@@]2(C#N)C=C[C@H](OC(C)=O)C2)[C@@H](OC(C)=O)[C@H](OC(C)=O)[C@H]1OC(C)=O. The first-order valence-electron chi connectivity index (χ1n) is 10.6. The molecule has 2 aliphatic rings. The van der Waals surface area contributed by atoms with Gasteiger partial charge < -0.3 is 33.2 Å². The molecule has 0 bridgehead atoms. The second-order valence-electron chi connectivity index (χ2n) is 7.90. The Morgan fingerprint density at radius 2 is 1.40 bits per heavy atom. The first-order valence-corrected chi connectivity index (χ1v) is 10.6. The van der Waals surface area contributed by atoms with Crippen LogP contribution in [0.4, 0.5) is 0 Å². The molecule has 35 heavy (non-hydrogen) atoms. The average Bonchev–Trinajstić information content (AvgIpc) is 3.12. The van der Waals surface area contributed by atoms with E-state index in [0.29, 0.717) is 0 Å². The Hall–Kier alpha value is -3.50. The lowest BCUT2D eigenvalue weighted by Crippen LogP contribution is -2.64. The quantitative estimate of drug-likeness (QED) is 0.254. The molecular formula is C22H27NO12. The summed E-state index contributed by atoms with van der Waals surface area (Å²) in [5.41, 5.74) is -1.68.